The molecule has 2 rings (SSSR count). The molecule has 0 aliphatic carbocycles. The highest BCUT2D eigenvalue weighted by Crippen LogP contribution is 2.18. The van der Waals surface area contributed by atoms with Crippen molar-refractivity contribution >= 4 is 21.4 Å². The van der Waals surface area contributed by atoms with E-state index in [9.17, 15) is 8.42 Å². The minimum atomic E-state index is -3.49. The lowest BCUT2D eigenvalue weighted by Crippen LogP contribution is -2.25. The Labute approximate surface area is 128 Å². The summed E-state index contributed by atoms with van der Waals surface area (Å²) in [5.74, 6) is 0. The Morgan fingerprint density at radius 1 is 1.38 bits per heavy atom. The maximum atomic E-state index is 12.0. The molecule has 6 nitrogen and oxygen atoms in total. The first-order chi connectivity index (χ1) is 9.92. The van der Waals surface area contributed by atoms with E-state index >= 15 is 0 Å². The van der Waals surface area contributed by atoms with E-state index in [2.05, 4.69) is 9.82 Å². The van der Waals surface area contributed by atoms with E-state index in [1.165, 1.54) is 22.8 Å². The van der Waals surface area contributed by atoms with Crippen molar-refractivity contribution in [2.75, 3.05) is 6.54 Å². The van der Waals surface area contributed by atoms with Crippen LogP contribution in [0.1, 0.15) is 22.7 Å². The number of aliphatic hydroxyl groups excluding tert-OH is 1. The number of hydrogen-bond donors (Lipinski definition) is 2. The minimum Gasteiger partial charge on any atom is -0.391 e. The summed E-state index contributed by atoms with van der Waals surface area (Å²) < 4.78 is 28.5. The molecule has 0 unspecified atom stereocenters. The number of nitrogens with one attached hydrogen (secondary N) is 1. The van der Waals surface area contributed by atoms with Crippen LogP contribution >= 0.6 is 11.3 Å². The average Bonchev–Trinajstić information content (AvgIpc) is 3.02. The monoisotopic (exact) mass is 329 g/mol. The molecule has 0 atom stereocenters. The molecule has 2 N–H and O–H groups in total. The lowest BCUT2D eigenvalue weighted by molar-refractivity contribution is 0.285. The van der Waals surface area contributed by atoms with Crippen molar-refractivity contribution in [2.45, 2.75) is 38.3 Å². The van der Waals surface area contributed by atoms with Crippen molar-refractivity contribution in [2.24, 2.45) is 0 Å². The summed E-state index contributed by atoms with van der Waals surface area (Å²) in [6.07, 6.45) is 0.665. The van der Waals surface area contributed by atoms with Gasteiger partial charge in [0.25, 0.3) is 0 Å². The van der Waals surface area contributed by atoms with Gasteiger partial charge in [0.15, 0.2) is 0 Å². The van der Waals surface area contributed by atoms with Gasteiger partial charge in [0.05, 0.1) is 17.2 Å². The third-order valence-electron chi connectivity index (χ3n) is 3.04. The van der Waals surface area contributed by atoms with Crippen molar-refractivity contribution in [1.82, 2.24) is 14.5 Å². The summed E-state index contributed by atoms with van der Waals surface area (Å²) in [5, 5.41) is 14.8. The van der Waals surface area contributed by atoms with Gasteiger partial charge in [0.1, 0.15) is 0 Å². The number of hydrogen-bond acceptors (Lipinski definition) is 5. The first-order valence-electron chi connectivity index (χ1n) is 6.61. The molecule has 21 heavy (non-hydrogen) atoms. The highest BCUT2D eigenvalue weighted by molar-refractivity contribution is 7.89. The third-order valence-corrected chi connectivity index (χ3v) is 5.55. The van der Waals surface area contributed by atoms with E-state index in [1.807, 2.05) is 24.6 Å². The van der Waals surface area contributed by atoms with Gasteiger partial charge in [-0.05, 0) is 32.4 Å². The van der Waals surface area contributed by atoms with E-state index in [0.29, 0.717) is 24.4 Å². The molecule has 0 saturated carbocycles. The zero-order valence-electron chi connectivity index (χ0n) is 12.0. The van der Waals surface area contributed by atoms with E-state index in [1.54, 1.807) is 0 Å². The smallest absolute Gasteiger partial charge is 0.241 e. The quantitative estimate of drug-likeness (QED) is 0.753. The lowest BCUT2D eigenvalue weighted by Gasteiger charge is -2.06. The topological polar surface area (TPSA) is 84.2 Å². The Morgan fingerprint density at radius 2 is 2.14 bits per heavy atom. The average molecular weight is 329 g/mol. The molecular formula is C13H19N3O3S2. The molecule has 0 fully saturated rings. The second-order valence-electron chi connectivity index (χ2n) is 4.81. The molecule has 0 aliphatic rings. The van der Waals surface area contributed by atoms with Gasteiger partial charge in [-0.1, -0.05) is 0 Å². The number of rotatable bonds is 7. The molecule has 2 heterocycles. The summed E-state index contributed by atoms with van der Waals surface area (Å²) in [6.45, 7) is 4.80. The summed E-state index contributed by atoms with van der Waals surface area (Å²) in [4.78, 5) is 0.848. The van der Waals surface area contributed by atoms with Gasteiger partial charge in [-0.2, -0.15) is 5.10 Å². The molecule has 0 spiro atoms. The SMILES string of the molecule is Cc1cc(C)n(CCCNS(=O)(=O)c2csc(CO)c2)n1. The second-order valence-corrected chi connectivity index (χ2v) is 7.57. The largest absolute Gasteiger partial charge is 0.391 e. The van der Waals surface area contributed by atoms with Crippen molar-refractivity contribution in [3.63, 3.8) is 0 Å². The number of aliphatic hydroxyl groups is 1. The molecule has 0 radical (unpaired) electrons. The summed E-state index contributed by atoms with van der Waals surface area (Å²) >= 11 is 1.23. The minimum absolute atomic E-state index is 0.141. The molecule has 8 heteroatoms. The molecule has 0 bridgehead atoms. The third kappa shape index (κ3) is 4.13. The van der Waals surface area contributed by atoms with E-state index in [-0.39, 0.29) is 11.5 Å². The number of thiophene rings is 1. The van der Waals surface area contributed by atoms with Gasteiger partial charge in [0.2, 0.25) is 10.0 Å². The van der Waals surface area contributed by atoms with Gasteiger partial charge < -0.3 is 5.11 Å². The Hall–Kier alpha value is -1.22. The molecule has 0 saturated heterocycles. The Bertz CT molecular complexity index is 704. The van der Waals surface area contributed by atoms with Gasteiger partial charge in [-0.25, -0.2) is 13.1 Å². The summed E-state index contributed by atoms with van der Waals surface area (Å²) in [5.41, 5.74) is 2.03. The fourth-order valence-corrected chi connectivity index (χ4v) is 4.21. The van der Waals surface area contributed by atoms with Crippen LogP contribution in [-0.4, -0.2) is 29.8 Å². The van der Waals surface area contributed by atoms with Crippen LogP contribution in [0.5, 0.6) is 0 Å². The van der Waals surface area contributed by atoms with Crippen LogP contribution in [0.2, 0.25) is 0 Å². The maximum Gasteiger partial charge on any atom is 0.241 e. The van der Waals surface area contributed by atoms with Crippen molar-refractivity contribution in [3.05, 3.63) is 33.8 Å². The number of aromatic nitrogens is 2. The predicted octanol–water partition coefficient (Wildman–Crippen LogP) is 1.42. The van der Waals surface area contributed by atoms with E-state index in [0.717, 1.165) is 11.4 Å². The van der Waals surface area contributed by atoms with Crippen LogP contribution < -0.4 is 4.72 Å². The summed E-state index contributed by atoms with van der Waals surface area (Å²) in [7, 11) is -3.49. The van der Waals surface area contributed by atoms with Crippen LogP contribution in [0.4, 0.5) is 0 Å². The maximum absolute atomic E-state index is 12.0. The predicted molar refractivity (Wildman–Crippen MR) is 81.7 cm³/mol. The fourth-order valence-electron chi connectivity index (χ4n) is 2.00. The van der Waals surface area contributed by atoms with Crippen molar-refractivity contribution in [3.8, 4) is 0 Å². The Balaban J connectivity index is 1.86. The van der Waals surface area contributed by atoms with Crippen LogP contribution in [0.15, 0.2) is 22.4 Å². The normalized spacial score (nSPS) is 12.0. The summed E-state index contributed by atoms with van der Waals surface area (Å²) in [6, 6.07) is 3.49. The van der Waals surface area contributed by atoms with Crippen LogP contribution in [0.3, 0.4) is 0 Å². The first-order valence-corrected chi connectivity index (χ1v) is 8.97. The van der Waals surface area contributed by atoms with Gasteiger partial charge >= 0.3 is 0 Å². The molecule has 2 aromatic heterocycles. The number of aryl methyl sites for hydroxylation is 3. The van der Waals surface area contributed by atoms with Gasteiger partial charge in [-0.15, -0.1) is 11.3 Å². The molecule has 0 amide bonds. The lowest BCUT2D eigenvalue weighted by atomic mass is 10.4. The van der Waals surface area contributed by atoms with Crippen LogP contribution in [0, 0.1) is 13.8 Å². The Morgan fingerprint density at radius 3 is 2.71 bits per heavy atom. The van der Waals surface area contributed by atoms with Crippen LogP contribution in [-0.2, 0) is 23.2 Å². The van der Waals surface area contributed by atoms with Crippen molar-refractivity contribution in [1.29, 1.82) is 0 Å². The highest BCUT2D eigenvalue weighted by atomic mass is 32.2. The first kappa shape index (κ1) is 16.2. The molecule has 0 aromatic carbocycles. The van der Waals surface area contributed by atoms with Gasteiger partial charge in [0, 0.05) is 29.0 Å². The highest BCUT2D eigenvalue weighted by Gasteiger charge is 2.15. The van der Waals surface area contributed by atoms with Gasteiger partial charge in [-0.3, -0.25) is 4.68 Å². The van der Waals surface area contributed by atoms with Crippen LogP contribution in [0.25, 0.3) is 0 Å². The number of nitrogens with zero attached hydrogens (tertiary/aromatic N) is 2. The molecular weight excluding hydrogens is 310 g/mol. The zero-order valence-corrected chi connectivity index (χ0v) is 13.7. The zero-order chi connectivity index (χ0) is 15.5. The molecule has 2 aromatic rings. The standard InChI is InChI=1S/C13H19N3O3S2/c1-10-6-11(2)16(15-10)5-3-4-14-21(18,19)13-7-12(8-17)20-9-13/h6-7,9,14,17H,3-5,8H2,1-2H3. The van der Waals surface area contributed by atoms with E-state index < -0.39 is 10.0 Å². The molecule has 0 aliphatic heterocycles. The second kappa shape index (κ2) is 6.69. The molecule has 116 valence electrons. The van der Waals surface area contributed by atoms with E-state index in [4.69, 9.17) is 5.11 Å². The number of sulfonamides is 1. The fraction of sp³-hybridized carbons (Fsp3) is 0.462. The van der Waals surface area contributed by atoms with Crippen molar-refractivity contribution < 1.29 is 13.5 Å². The Kier molecular flexibility index (Phi) is 5.15.